The van der Waals surface area contributed by atoms with Crippen molar-refractivity contribution in [1.82, 2.24) is 5.32 Å². The maximum atomic E-state index is 11.8. The van der Waals surface area contributed by atoms with Crippen molar-refractivity contribution >= 4 is 11.9 Å². The first-order valence-electron chi connectivity index (χ1n) is 6.99. The molecule has 0 saturated carbocycles. The minimum Gasteiger partial charge on any atom is -0.480 e. The molecule has 1 rings (SSSR count). The second-order valence-electron chi connectivity index (χ2n) is 5.48. The minimum atomic E-state index is -0.982. The van der Waals surface area contributed by atoms with E-state index in [1.807, 2.05) is 30.3 Å². The molecule has 20 heavy (non-hydrogen) atoms. The molecule has 0 aliphatic carbocycles. The Kier molecular flexibility index (Phi) is 6.22. The first-order valence-corrected chi connectivity index (χ1v) is 6.99. The summed E-state index contributed by atoms with van der Waals surface area (Å²) in [6, 6.07) is 9.18. The fourth-order valence-corrected chi connectivity index (χ4v) is 2.06. The molecule has 2 unspecified atom stereocenters. The standard InChI is InChI=1S/C16H23NO3/c1-11(2)15(16(19)20)17-14(18)10-9-12(3)13-7-5-4-6-8-13/h4-8,11-12,15H,9-10H2,1-3H3,(H,17,18)(H,19,20). The Labute approximate surface area is 120 Å². The van der Waals surface area contributed by atoms with Crippen molar-refractivity contribution in [3.05, 3.63) is 35.9 Å². The van der Waals surface area contributed by atoms with Gasteiger partial charge in [-0.1, -0.05) is 51.1 Å². The number of carbonyl (C=O) groups excluding carboxylic acids is 1. The highest BCUT2D eigenvalue weighted by Crippen LogP contribution is 2.20. The third-order valence-electron chi connectivity index (χ3n) is 3.42. The molecule has 0 fully saturated rings. The number of amides is 1. The van der Waals surface area contributed by atoms with Crippen LogP contribution in [0.25, 0.3) is 0 Å². The van der Waals surface area contributed by atoms with E-state index < -0.39 is 12.0 Å². The van der Waals surface area contributed by atoms with Crippen LogP contribution < -0.4 is 5.32 Å². The van der Waals surface area contributed by atoms with Gasteiger partial charge in [0.15, 0.2) is 0 Å². The zero-order valence-corrected chi connectivity index (χ0v) is 12.3. The Morgan fingerprint density at radius 2 is 1.75 bits per heavy atom. The maximum Gasteiger partial charge on any atom is 0.326 e. The molecule has 0 heterocycles. The Morgan fingerprint density at radius 3 is 2.25 bits per heavy atom. The molecule has 0 aliphatic rings. The van der Waals surface area contributed by atoms with Crippen LogP contribution in [0.2, 0.25) is 0 Å². The topological polar surface area (TPSA) is 66.4 Å². The number of nitrogens with one attached hydrogen (secondary N) is 1. The molecule has 110 valence electrons. The molecule has 4 nitrogen and oxygen atoms in total. The van der Waals surface area contributed by atoms with Crippen LogP contribution in [-0.4, -0.2) is 23.0 Å². The Morgan fingerprint density at radius 1 is 1.15 bits per heavy atom. The Balaban J connectivity index is 2.45. The van der Waals surface area contributed by atoms with Gasteiger partial charge in [0.2, 0.25) is 5.91 Å². The summed E-state index contributed by atoms with van der Waals surface area (Å²) in [6.45, 7) is 5.64. The molecule has 1 amide bonds. The van der Waals surface area contributed by atoms with Crippen molar-refractivity contribution in [2.45, 2.75) is 45.6 Å². The molecule has 0 spiro atoms. The fourth-order valence-electron chi connectivity index (χ4n) is 2.06. The molecule has 4 heteroatoms. The largest absolute Gasteiger partial charge is 0.480 e. The van der Waals surface area contributed by atoms with Crippen LogP contribution in [-0.2, 0) is 9.59 Å². The van der Waals surface area contributed by atoms with E-state index in [1.165, 1.54) is 5.56 Å². The lowest BCUT2D eigenvalue weighted by atomic mass is 9.96. The number of rotatable bonds is 7. The Bertz CT molecular complexity index is 442. The van der Waals surface area contributed by atoms with Gasteiger partial charge in [-0.2, -0.15) is 0 Å². The van der Waals surface area contributed by atoms with Gasteiger partial charge >= 0.3 is 5.97 Å². The van der Waals surface area contributed by atoms with Gasteiger partial charge in [0.25, 0.3) is 0 Å². The number of benzene rings is 1. The monoisotopic (exact) mass is 277 g/mol. The maximum absolute atomic E-state index is 11.8. The van der Waals surface area contributed by atoms with Crippen molar-refractivity contribution in [3.63, 3.8) is 0 Å². The second kappa shape index (κ2) is 7.68. The number of hydrogen-bond acceptors (Lipinski definition) is 2. The summed E-state index contributed by atoms with van der Waals surface area (Å²) in [7, 11) is 0. The third kappa shape index (κ3) is 5.03. The van der Waals surface area contributed by atoms with E-state index >= 15 is 0 Å². The van der Waals surface area contributed by atoms with Gasteiger partial charge in [0.1, 0.15) is 6.04 Å². The smallest absolute Gasteiger partial charge is 0.326 e. The first kappa shape index (κ1) is 16.2. The summed E-state index contributed by atoms with van der Waals surface area (Å²) in [5, 5.41) is 11.6. The average molecular weight is 277 g/mol. The molecular weight excluding hydrogens is 254 g/mol. The highest BCUT2D eigenvalue weighted by atomic mass is 16.4. The zero-order valence-electron chi connectivity index (χ0n) is 12.3. The molecule has 0 aromatic heterocycles. The summed E-state index contributed by atoms with van der Waals surface area (Å²) in [4.78, 5) is 22.8. The predicted octanol–water partition coefficient (Wildman–Crippen LogP) is 2.80. The highest BCUT2D eigenvalue weighted by Gasteiger charge is 2.23. The SMILES string of the molecule is CC(CCC(=O)NC(C(=O)O)C(C)C)c1ccccc1. The van der Waals surface area contributed by atoms with E-state index in [2.05, 4.69) is 12.2 Å². The van der Waals surface area contributed by atoms with Crippen LogP contribution in [0.3, 0.4) is 0 Å². The molecule has 0 aliphatic heterocycles. The minimum absolute atomic E-state index is 0.122. The van der Waals surface area contributed by atoms with Crippen molar-refractivity contribution in [1.29, 1.82) is 0 Å². The molecule has 2 atom stereocenters. The number of carboxylic acids is 1. The zero-order chi connectivity index (χ0) is 15.1. The van der Waals surface area contributed by atoms with Crippen LogP contribution >= 0.6 is 0 Å². The molecule has 1 aromatic rings. The molecule has 1 aromatic carbocycles. The van der Waals surface area contributed by atoms with E-state index in [0.29, 0.717) is 12.8 Å². The lowest BCUT2D eigenvalue weighted by Gasteiger charge is -2.18. The second-order valence-corrected chi connectivity index (χ2v) is 5.48. The molecule has 0 bridgehead atoms. The number of aliphatic carboxylic acids is 1. The third-order valence-corrected chi connectivity index (χ3v) is 3.42. The van der Waals surface area contributed by atoms with Gasteiger partial charge in [-0.15, -0.1) is 0 Å². The average Bonchev–Trinajstić information content (AvgIpc) is 2.42. The van der Waals surface area contributed by atoms with Crippen molar-refractivity contribution in [3.8, 4) is 0 Å². The number of carbonyl (C=O) groups is 2. The lowest BCUT2D eigenvalue weighted by Crippen LogP contribution is -2.44. The molecule has 0 saturated heterocycles. The van der Waals surface area contributed by atoms with Crippen LogP contribution in [0.5, 0.6) is 0 Å². The summed E-state index contributed by atoms with van der Waals surface area (Å²) in [6.07, 6.45) is 1.05. The predicted molar refractivity (Wildman–Crippen MR) is 78.5 cm³/mol. The van der Waals surface area contributed by atoms with Crippen LogP contribution in [0, 0.1) is 5.92 Å². The van der Waals surface area contributed by atoms with Crippen LogP contribution in [0.15, 0.2) is 30.3 Å². The Hall–Kier alpha value is -1.84. The van der Waals surface area contributed by atoms with E-state index in [0.717, 1.165) is 0 Å². The summed E-state index contributed by atoms with van der Waals surface area (Å²) >= 11 is 0. The summed E-state index contributed by atoms with van der Waals surface area (Å²) < 4.78 is 0. The van der Waals surface area contributed by atoms with E-state index in [4.69, 9.17) is 5.11 Å². The van der Waals surface area contributed by atoms with Crippen molar-refractivity contribution in [2.24, 2.45) is 5.92 Å². The van der Waals surface area contributed by atoms with E-state index in [-0.39, 0.29) is 17.7 Å². The normalized spacial score (nSPS) is 13.8. The fraction of sp³-hybridized carbons (Fsp3) is 0.500. The lowest BCUT2D eigenvalue weighted by molar-refractivity contribution is -0.143. The van der Waals surface area contributed by atoms with Crippen LogP contribution in [0.4, 0.5) is 0 Å². The van der Waals surface area contributed by atoms with E-state index in [9.17, 15) is 9.59 Å². The molecule has 2 N–H and O–H groups in total. The van der Waals surface area contributed by atoms with Gasteiger partial charge < -0.3 is 10.4 Å². The van der Waals surface area contributed by atoms with E-state index in [1.54, 1.807) is 13.8 Å². The molecular formula is C16H23NO3. The number of carboxylic acid groups (broad SMARTS) is 1. The quantitative estimate of drug-likeness (QED) is 0.805. The highest BCUT2D eigenvalue weighted by molar-refractivity contribution is 5.83. The van der Waals surface area contributed by atoms with Gasteiger partial charge in [0, 0.05) is 6.42 Å². The summed E-state index contributed by atoms with van der Waals surface area (Å²) in [5.74, 6) is -1.02. The van der Waals surface area contributed by atoms with Crippen LogP contribution in [0.1, 0.15) is 45.1 Å². The van der Waals surface area contributed by atoms with Gasteiger partial charge in [-0.3, -0.25) is 4.79 Å². The van der Waals surface area contributed by atoms with Gasteiger partial charge in [-0.25, -0.2) is 4.79 Å². The van der Waals surface area contributed by atoms with Gasteiger partial charge in [0.05, 0.1) is 0 Å². The summed E-state index contributed by atoms with van der Waals surface area (Å²) in [5.41, 5.74) is 1.19. The van der Waals surface area contributed by atoms with Crippen molar-refractivity contribution < 1.29 is 14.7 Å². The molecule has 0 radical (unpaired) electrons. The number of hydrogen-bond donors (Lipinski definition) is 2. The van der Waals surface area contributed by atoms with Crippen molar-refractivity contribution in [2.75, 3.05) is 0 Å². The first-order chi connectivity index (χ1) is 9.41. The van der Waals surface area contributed by atoms with Gasteiger partial charge in [-0.05, 0) is 23.8 Å².